The minimum absolute atomic E-state index is 0.246. The van der Waals surface area contributed by atoms with Crippen molar-refractivity contribution in [2.45, 2.75) is 38.7 Å². The zero-order chi connectivity index (χ0) is 11.4. The number of hydrogen-bond acceptors (Lipinski definition) is 1. The van der Waals surface area contributed by atoms with Gasteiger partial charge in [-0.2, -0.15) is 0 Å². The van der Waals surface area contributed by atoms with Crippen molar-refractivity contribution >= 4 is 0 Å². The Morgan fingerprint density at radius 2 is 2.00 bits per heavy atom. The van der Waals surface area contributed by atoms with E-state index >= 15 is 0 Å². The second-order valence-electron chi connectivity index (χ2n) is 3.81. The van der Waals surface area contributed by atoms with Crippen LogP contribution in [0.3, 0.4) is 0 Å². The SMILES string of the molecule is CCCC(O)C(C)c1cc(F)ccc1F. The van der Waals surface area contributed by atoms with Crippen molar-refractivity contribution in [2.75, 3.05) is 0 Å². The van der Waals surface area contributed by atoms with E-state index in [4.69, 9.17) is 0 Å². The van der Waals surface area contributed by atoms with Gasteiger partial charge in [0.15, 0.2) is 0 Å². The molecule has 1 aromatic rings. The largest absolute Gasteiger partial charge is 0.393 e. The third kappa shape index (κ3) is 2.99. The molecule has 3 heteroatoms. The minimum atomic E-state index is -0.619. The van der Waals surface area contributed by atoms with E-state index < -0.39 is 17.7 Å². The van der Waals surface area contributed by atoms with Crippen LogP contribution in [-0.2, 0) is 0 Å². The van der Waals surface area contributed by atoms with Crippen LogP contribution in [0, 0.1) is 11.6 Å². The lowest BCUT2D eigenvalue weighted by Crippen LogP contribution is -2.16. The van der Waals surface area contributed by atoms with Gasteiger partial charge in [-0.1, -0.05) is 20.3 Å². The maximum atomic E-state index is 13.3. The molecule has 0 heterocycles. The first-order valence-electron chi connectivity index (χ1n) is 5.19. The van der Waals surface area contributed by atoms with Crippen LogP contribution in [0.1, 0.15) is 38.2 Å². The van der Waals surface area contributed by atoms with E-state index in [2.05, 4.69) is 0 Å². The number of hydrogen-bond donors (Lipinski definition) is 1. The van der Waals surface area contributed by atoms with Gasteiger partial charge in [-0.05, 0) is 30.2 Å². The van der Waals surface area contributed by atoms with Gasteiger partial charge in [0, 0.05) is 5.92 Å². The normalized spacial score (nSPS) is 15.0. The monoisotopic (exact) mass is 214 g/mol. The van der Waals surface area contributed by atoms with Crippen LogP contribution < -0.4 is 0 Å². The van der Waals surface area contributed by atoms with E-state index in [9.17, 15) is 13.9 Å². The molecule has 0 radical (unpaired) electrons. The van der Waals surface area contributed by atoms with E-state index in [-0.39, 0.29) is 11.5 Å². The smallest absolute Gasteiger partial charge is 0.126 e. The Morgan fingerprint density at radius 3 is 2.60 bits per heavy atom. The molecule has 0 aliphatic heterocycles. The quantitative estimate of drug-likeness (QED) is 0.815. The van der Waals surface area contributed by atoms with Crippen LogP contribution in [0.4, 0.5) is 8.78 Å². The number of rotatable bonds is 4. The van der Waals surface area contributed by atoms with Gasteiger partial charge in [0.1, 0.15) is 11.6 Å². The molecule has 84 valence electrons. The van der Waals surface area contributed by atoms with Gasteiger partial charge in [-0.15, -0.1) is 0 Å². The molecule has 0 spiro atoms. The molecular weight excluding hydrogens is 198 g/mol. The van der Waals surface area contributed by atoms with Gasteiger partial charge in [0.05, 0.1) is 6.10 Å². The van der Waals surface area contributed by atoms with Crippen LogP contribution >= 0.6 is 0 Å². The van der Waals surface area contributed by atoms with E-state index in [1.807, 2.05) is 6.92 Å². The van der Waals surface area contributed by atoms with Crippen molar-refractivity contribution in [3.8, 4) is 0 Å². The van der Waals surface area contributed by atoms with E-state index in [0.29, 0.717) is 6.42 Å². The molecule has 0 aromatic heterocycles. The second kappa shape index (κ2) is 5.21. The zero-order valence-electron chi connectivity index (χ0n) is 9.00. The molecule has 15 heavy (non-hydrogen) atoms. The number of halogens is 2. The fourth-order valence-corrected chi connectivity index (χ4v) is 1.62. The first-order valence-corrected chi connectivity index (χ1v) is 5.19. The highest BCUT2D eigenvalue weighted by Crippen LogP contribution is 2.25. The molecule has 0 saturated carbocycles. The van der Waals surface area contributed by atoms with Gasteiger partial charge >= 0.3 is 0 Å². The van der Waals surface area contributed by atoms with Crippen molar-refractivity contribution in [1.82, 2.24) is 0 Å². The maximum Gasteiger partial charge on any atom is 0.126 e. The van der Waals surface area contributed by atoms with Gasteiger partial charge in [0.2, 0.25) is 0 Å². The molecule has 0 fully saturated rings. The fourth-order valence-electron chi connectivity index (χ4n) is 1.62. The highest BCUT2D eigenvalue weighted by atomic mass is 19.1. The van der Waals surface area contributed by atoms with Crippen LogP contribution in [0.2, 0.25) is 0 Å². The number of benzene rings is 1. The Labute approximate surface area is 88.7 Å². The summed E-state index contributed by atoms with van der Waals surface area (Å²) < 4.78 is 26.3. The lowest BCUT2D eigenvalue weighted by molar-refractivity contribution is 0.137. The summed E-state index contributed by atoms with van der Waals surface area (Å²) in [5, 5.41) is 9.70. The Kier molecular flexibility index (Phi) is 4.21. The highest BCUT2D eigenvalue weighted by Gasteiger charge is 2.19. The Hall–Kier alpha value is -0.960. The van der Waals surface area contributed by atoms with E-state index in [1.54, 1.807) is 6.92 Å². The van der Waals surface area contributed by atoms with Gasteiger partial charge in [-0.3, -0.25) is 0 Å². The Morgan fingerprint density at radius 1 is 1.33 bits per heavy atom. The molecule has 1 aromatic carbocycles. The summed E-state index contributed by atoms with van der Waals surface area (Å²) in [6.07, 6.45) is 0.797. The summed E-state index contributed by atoms with van der Waals surface area (Å²) in [4.78, 5) is 0. The van der Waals surface area contributed by atoms with Crippen molar-refractivity contribution < 1.29 is 13.9 Å². The van der Waals surface area contributed by atoms with Crippen molar-refractivity contribution in [3.63, 3.8) is 0 Å². The first-order chi connectivity index (χ1) is 7.06. The standard InChI is InChI=1S/C12H16F2O/c1-3-4-12(15)8(2)10-7-9(13)5-6-11(10)14/h5-8,12,15H,3-4H2,1-2H3. The molecule has 1 rings (SSSR count). The highest BCUT2D eigenvalue weighted by molar-refractivity contribution is 5.23. The molecular formula is C12H16F2O. The molecule has 0 saturated heterocycles. The van der Waals surface area contributed by atoms with Crippen molar-refractivity contribution in [2.24, 2.45) is 0 Å². The summed E-state index contributed by atoms with van der Waals surface area (Å²) in [6.45, 7) is 3.65. The molecule has 0 bridgehead atoms. The van der Waals surface area contributed by atoms with Gasteiger partial charge in [0.25, 0.3) is 0 Å². The molecule has 1 N–H and O–H groups in total. The van der Waals surface area contributed by atoms with Crippen molar-refractivity contribution in [1.29, 1.82) is 0 Å². The van der Waals surface area contributed by atoms with E-state index in [0.717, 1.165) is 24.6 Å². The molecule has 2 atom stereocenters. The predicted octanol–water partition coefficient (Wildman–Crippen LogP) is 3.23. The molecule has 0 amide bonds. The molecule has 1 nitrogen and oxygen atoms in total. The third-order valence-corrected chi connectivity index (χ3v) is 2.61. The average molecular weight is 214 g/mol. The predicted molar refractivity (Wildman–Crippen MR) is 55.7 cm³/mol. The van der Waals surface area contributed by atoms with Crippen LogP contribution in [0.15, 0.2) is 18.2 Å². The fraction of sp³-hybridized carbons (Fsp3) is 0.500. The summed E-state index contributed by atoms with van der Waals surface area (Å²) in [7, 11) is 0. The summed E-state index contributed by atoms with van der Waals surface area (Å²) in [5.41, 5.74) is 0.246. The lowest BCUT2D eigenvalue weighted by atomic mass is 9.92. The number of aliphatic hydroxyl groups excluding tert-OH is 1. The Bertz CT molecular complexity index is 325. The van der Waals surface area contributed by atoms with Crippen LogP contribution in [-0.4, -0.2) is 11.2 Å². The third-order valence-electron chi connectivity index (χ3n) is 2.61. The topological polar surface area (TPSA) is 20.2 Å². The van der Waals surface area contributed by atoms with E-state index in [1.165, 1.54) is 0 Å². The molecule has 0 aliphatic carbocycles. The lowest BCUT2D eigenvalue weighted by Gasteiger charge is -2.19. The van der Waals surface area contributed by atoms with Gasteiger partial charge in [-0.25, -0.2) is 8.78 Å². The maximum absolute atomic E-state index is 13.3. The van der Waals surface area contributed by atoms with Gasteiger partial charge < -0.3 is 5.11 Å². The second-order valence-corrected chi connectivity index (χ2v) is 3.81. The number of aliphatic hydroxyl groups is 1. The van der Waals surface area contributed by atoms with Crippen LogP contribution in [0.25, 0.3) is 0 Å². The molecule has 2 unspecified atom stereocenters. The molecule has 0 aliphatic rings. The van der Waals surface area contributed by atoms with Crippen LogP contribution in [0.5, 0.6) is 0 Å². The van der Waals surface area contributed by atoms with Crippen molar-refractivity contribution in [3.05, 3.63) is 35.4 Å². The Balaban J connectivity index is 2.89. The summed E-state index contributed by atoms with van der Waals surface area (Å²) in [6, 6.07) is 3.33. The minimum Gasteiger partial charge on any atom is -0.393 e. The first kappa shape index (κ1) is 12.1. The summed E-state index contributed by atoms with van der Waals surface area (Å²) in [5.74, 6) is -1.30. The zero-order valence-corrected chi connectivity index (χ0v) is 9.00. The summed E-state index contributed by atoms with van der Waals surface area (Å²) >= 11 is 0. The average Bonchev–Trinajstić information content (AvgIpc) is 2.21.